The van der Waals surface area contributed by atoms with Crippen molar-refractivity contribution in [3.8, 4) is 0 Å². The normalized spacial score (nSPS) is 25.1. The summed E-state index contributed by atoms with van der Waals surface area (Å²) in [6.07, 6.45) is 7.77. The van der Waals surface area contributed by atoms with Crippen LogP contribution in [0.5, 0.6) is 0 Å². The van der Waals surface area contributed by atoms with E-state index < -0.39 is 5.97 Å². The van der Waals surface area contributed by atoms with Crippen LogP contribution in [0.25, 0.3) is 0 Å². The molecule has 0 bridgehead atoms. The first-order valence-corrected chi connectivity index (χ1v) is 8.87. The lowest BCUT2D eigenvalue weighted by atomic mass is 9.86. The number of anilines is 3. The molecule has 0 atom stereocenters. The van der Waals surface area contributed by atoms with Crippen LogP contribution in [0.1, 0.15) is 51.4 Å². The monoisotopic (exact) mass is 334 g/mol. The minimum Gasteiger partial charge on any atom is -0.481 e. The maximum atomic E-state index is 11.0. The molecule has 8 nitrogen and oxygen atoms in total. The summed E-state index contributed by atoms with van der Waals surface area (Å²) in [6.45, 7) is 1.90. The summed E-state index contributed by atoms with van der Waals surface area (Å²) in [6, 6.07) is 0.194. The van der Waals surface area contributed by atoms with Gasteiger partial charge in [-0.15, -0.1) is 0 Å². The molecule has 4 N–H and O–H groups in total. The molecule has 0 aromatic carbocycles. The van der Waals surface area contributed by atoms with Gasteiger partial charge in [-0.1, -0.05) is 12.8 Å². The highest BCUT2D eigenvalue weighted by Gasteiger charge is 2.26. The second kappa shape index (κ2) is 7.63. The molecule has 0 radical (unpaired) electrons. The summed E-state index contributed by atoms with van der Waals surface area (Å²) in [7, 11) is 0. The maximum Gasteiger partial charge on any atom is 0.306 e. The van der Waals surface area contributed by atoms with E-state index in [1.165, 1.54) is 12.8 Å². The summed E-state index contributed by atoms with van der Waals surface area (Å²) in [5, 5.41) is 12.4. The Morgan fingerprint density at radius 1 is 1.04 bits per heavy atom. The van der Waals surface area contributed by atoms with Crippen molar-refractivity contribution in [1.29, 1.82) is 0 Å². The van der Waals surface area contributed by atoms with Crippen molar-refractivity contribution in [1.82, 2.24) is 15.0 Å². The van der Waals surface area contributed by atoms with Crippen LogP contribution in [0, 0.1) is 5.92 Å². The Morgan fingerprint density at radius 2 is 1.71 bits per heavy atom. The highest BCUT2D eigenvalue weighted by Crippen LogP contribution is 2.26. The minimum atomic E-state index is -0.693. The zero-order valence-electron chi connectivity index (χ0n) is 13.9. The van der Waals surface area contributed by atoms with Crippen molar-refractivity contribution in [2.24, 2.45) is 5.92 Å². The van der Waals surface area contributed by atoms with Crippen LogP contribution < -0.4 is 16.0 Å². The van der Waals surface area contributed by atoms with Crippen molar-refractivity contribution < 1.29 is 9.90 Å². The SMILES string of the molecule is Nc1nc(N[C@H]2CC[C@@H](C(=O)O)CC2)nc(N2CCCCCC2)n1. The van der Waals surface area contributed by atoms with E-state index >= 15 is 0 Å². The summed E-state index contributed by atoms with van der Waals surface area (Å²) in [5.41, 5.74) is 5.87. The van der Waals surface area contributed by atoms with Gasteiger partial charge < -0.3 is 21.1 Å². The smallest absolute Gasteiger partial charge is 0.306 e. The van der Waals surface area contributed by atoms with Crippen molar-refractivity contribution in [2.75, 3.05) is 29.0 Å². The van der Waals surface area contributed by atoms with Gasteiger partial charge in [0.2, 0.25) is 17.8 Å². The molecule has 1 saturated heterocycles. The van der Waals surface area contributed by atoms with Gasteiger partial charge in [-0.25, -0.2) is 0 Å². The molecule has 0 spiro atoms. The molecule has 1 aromatic rings. The molecule has 1 aliphatic carbocycles. The fourth-order valence-electron chi connectivity index (χ4n) is 3.52. The molecule has 132 valence electrons. The molecule has 1 aromatic heterocycles. The zero-order valence-corrected chi connectivity index (χ0v) is 13.9. The summed E-state index contributed by atoms with van der Waals surface area (Å²) < 4.78 is 0. The quantitative estimate of drug-likeness (QED) is 0.764. The van der Waals surface area contributed by atoms with E-state index in [4.69, 9.17) is 10.8 Å². The molecular weight excluding hydrogens is 308 g/mol. The van der Waals surface area contributed by atoms with E-state index in [-0.39, 0.29) is 17.9 Å². The number of rotatable bonds is 4. The van der Waals surface area contributed by atoms with E-state index in [0.29, 0.717) is 24.7 Å². The fourth-order valence-corrected chi connectivity index (χ4v) is 3.52. The molecule has 1 saturated carbocycles. The average Bonchev–Trinajstić information content (AvgIpc) is 2.84. The minimum absolute atomic E-state index is 0.194. The number of nitrogens with zero attached hydrogens (tertiary/aromatic N) is 4. The number of carbonyl (C=O) groups is 1. The van der Waals surface area contributed by atoms with Crippen molar-refractivity contribution >= 4 is 23.8 Å². The third-order valence-electron chi connectivity index (χ3n) is 4.94. The number of carboxylic acids is 1. The number of hydrogen-bond acceptors (Lipinski definition) is 7. The van der Waals surface area contributed by atoms with Gasteiger partial charge in [-0.05, 0) is 38.5 Å². The first-order chi connectivity index (χ1) is 11.6. The Morgan fingerprint density at radius 3 is 2.33 bits per heavy atom. The fraction of sp³-hybridized carbons (Fsp3) is 0.750. The van der Waals surface area contributed by atoms with E-state index in [2.05, 4.69) is 25.2 Å². The van der Waals surface area contributed by atoms with E-state index in [9.17, 15) is 4.79 Å². The second-order valence-electron chi connectivity index (χ2n) is 6.75. The predicted octanol–water partition coefficient (Wildman–Crippen LogP) is 1.89. The lowest BCUT2D eigenvalue weighted by molar-refractivity contribution is -0.142. The molecule has 2 aliphatic rings. The van der Waals surface area contributed by atoms with Crippen LogP contribution in [-0.4, -0.2) is 45.2 Å². The Balaban J connectivity index is 1.64. The number of aromatic nitrogens is 3. The van der Waals surface area contributed by atoms with E-state index in [1.807, 2.05) is 0 Å². The highest BCUT2D eigenvalue weighted by atomic mass is 16.4. The third-order valence-corrected chi connectivity index (χ3v) is 4.94. The van der Waals surface area contributed by atoms with Gasteiger partial charge in [0.1, 0.15) is 0 Å². The van der Waals surface area contributed by atoms with Gasteiger partial charge in [0.25, 0.3) is 0 Å². The van der Waals surface area contributed by atoms with Gasteiger partial charge in [0.05, 0.1) is 5.92 Å². The Hall–Kier alpha value is -2.12. The molecule has 0 unspecified atom stereocenters. The Labute approximate surface area is 141 Å². The zero-order chi connectivity index (χ0) is 16.9. The first kappa shape index (κ1) is 16.7. The lowest BCUT2D eigenvalue weighted by Gasteiger charge is -2.27. The lowest BCUT2D eigenvalue weighted by Crippen LogP contribution is -2.31. The first-order valence-electron chi connectivity index (χ1n) is 8.87. The number of aliphatic carboxylic acids is 1. The van der Waals surface area contributed by atoms with Crippen molar-refractivity contribution in [2.45, 2.75) is 57.4 Å². The molecular formula is C16H26N6O2. The van der Waals surface area contributed by atoms with Crippen molar-refractivity contribution in [3.63, 3.8) is 0 Å². The van der Waals surface area contributed by atoms with Crippen LogP contribution in [0.4, 0.5) is 17.8 Å². The summed E-state index contributed by atoms with van der Waals surface area (Å²) in [4.78, 5) is 26.3. The number of carboxylic acid groups (broad SMARTS) is 1. The standard InChI is InChI=1S/C16H26N6O2/c17-14-19-15(18-12-7-5-11(6-8-12)13(23)24)21-16(20-14)22-9-3-1-2-4-10-22/h11-12H,1-10H2,(H,23,24)(H3,17,18,19,20,21)/t11-,12+. The Bertz CT molecular complexity index is 566. The topological polar surface area (TPSA) is 117 Å². The van der Waals surface area contributed by atoms with Crippen LogP contribution in [0.15, 0.2) is 0 Å². The molecule has 2 heterocycles. The van der Waals surface area contributed by atoms with Gasteiger partial charge in [-0.3, -0.25) is 4.79 Å². The summed E-state index contributed by atoms with van der Waals surface area (Å²) >= 11 is 0. The molecule has 0 amide bonds. The van der Waals surface area contributed by atoms with E-state index in [0.717, 1.165) is 38.8 Å². The molecule has 24 heavy (non-hydrogen) atoms. The summed E-state index contributed by atoms with van der Waals surface area (Å²) in [5.74, 6) is 0.457. The van der Waals surface area contributed by atoms with Crippen LogP contribution >= 0.6 is 0 Å². The molecule has 8 heteroatoms. The second-order valence-corrected chi connectivity index (χ2v) is 6.75. The number of nitrogens with one attached hydrogen (secondary N) is 1. The largest absolute Gasteiger partial charge is 0.481 e. The number of nitrogen functional groups attached to an aromatic ring is 1. The van der Waals surface area contributed by atoms with Crippen LogP contribution in [0.3, 0.4) is 0 Å². The van der Waals surface area contributed by atoms with Gasteiger partial charge >= 0.3 is 5.97 Å². The number of hydrogen-bond donors (Lipinski definition) is 3. The maximum absolute atomic E-state index is 11.0. The van der Waals surface area contributed by atoms with Gasteiger partial charge in [0, 0.05) is 19.1 Å². The van der Waals surface area contributed by atoms with Gasteiger partial charge in [0.15, 0.2) is 0 Å². The average molecular weight is 334 g/mol. The van der Waals surface area contributed by atoms with Crippen LogP contribution in [0.2, 0.25) is 0 Å². The molecule has 1 aliphatic heterocycles. The number of nitrogens with two attached hydrogens (primary N) is 1. The van der Waals surface area contributed by atoms with E-state index in [1.54, 1.807) is 0 Å². The van der Waals surface area contributed by atoms with Gasteiger partial charge in [-0.2, -0.15) is 15.0 Å². The third kappa shape index (κ3) is 4.24. The highest BCUT2D eigenvalue weighted by molar-refractivity contribution is 5.70. The molecule has 3 rings (SSSR count). The Kier molecular flexibility index (Phi) is 5.32. The van der Waals surface area contributed by atoms with Crippen LogP contribution in [-0.2, 0) is 4.79 Å². The predicted molar refractivity (Wildman–Crippen MR) is 91.9 cm³/mol. The van der Waals surface area contributed by atoms with Crippen molar-refractivity contribution in [3.05, 3.63) is 0 Å². The molecule has 2 fully saturated rings.